The van der Waals surface area contributed by atoms with E-state index in [4.69, 9.17) is 5.73 Å². The van der Waals surface area contributed by atoms with E-state index in [-0.39, 0.29) is 13.1 Å². The summed E-state index contributed by atoms with van der Waals surface area (Å²) in [5.41, 5.74) is 5.12. The van der Waals surface area contributed by atoms with Crippen molar-refractivity contribution in [1.29, 1.82) is 0 Å². The fourth-order valence-corrected chi connectivity index (χ4v) is 1.41. The minimum atomic E-state index is -4.17. The Balaban J connectivity index is 3.86. The molecule has 0 amide bonds. The standard InChI is InChI=1S/C10H21F3N2/c1-3-4-5-6-15(2)8-9(7-14)10(11,12)13/h9H,3-8,14H2,1-2H3. The Morgan fingerprint density at radius 1 is 1.27 bits per heavy atom. The van der Waals surface area contributed by atoms with Gasteiger partial charge in [-0.25, -0.2) is 0 Å². The van der Waals surface area contributed by atoms with Crippen LogP contribution in [0.5, 0.6) is 0 Å². The van der Waals surface area contributed by atoms with E-state index in [9.17, 15) is 13.2 Å². The van der Waals surface area contributed by atoms with Gasteiger partial charge in [0.25, 0.3) is 0 Å². The Kier molecular flexibility index (Phi) is 6.92. The van der Waals surface area contributed by atoms with Gasteiger partial charge in [-0.1, -0.05) is 19.8 Å². The van der Waals surface area contributed by atoms with Gasteiger partial charge >= 0.3 is 6.18 Å². The summed E-state index contributed by atoms with van der Waals surface area (Å²) in [5.74, 6) is -1.40. The number of nitrogens with two attached hydrogens (primary N) is 1. The summed E-state index contributed by atoms with van der Waals surface area (Å²) in [7, 11) is 1.71. The van der Waals surface area contributed by atoms with Crippen molar-refractivity contribution >= 4 is 0 Å². The van der Waals surface area contributed by atoms with Crippen molar-refractivity contribution in [2.24, 2.45) is 11.7 Å². The summed E-state index contributed by atoms with van der Waals surface area (Å²) in [6, 6.07) is 0. The van der Waals surface area contributed by atoms with Crippen LogP contribution in [0.25, 0.3) is 0 Å². The van der Waals surface area contributed by atoms with Crippen LogP contribution in [0.1, 0.15) is 26.2 Å². The van der Waals surface area contributed by atoms with Crippen molar-refractivity contribution in [3.05, 3.63) is 0 Å². The van der Waals surface area contributed by atoms with Crippen molar-refractivity contribution in [1.82, 2.24) is 4.90 Å². The molecule has 0 radical (unpaired) electrons. The highest BCUT2D eigenvalue weighted by molar-refractivity contribution is 4.71. The summed E-state index contributed by atoms with van der Waals surface area (Å²) in [6.45, 7) is 2.45. The molecule has 0 rings (SSSR count). The third-order valence-electron chi connectivity index (χ3n) is 2.42. The normalized spacial score (nSPS) is 14.6. The Morgan fingerprint density at radius 3 is 2.27 bits per heavy atom. The molecule has 92 valence electrons. The molecule has 0 aromatic heterocycles. The van der Waals surface area contributed by atoms with E-state index >= 15 is 0 Å². The summed E-state index contributed by atoms with van der Waals surface area (Å²) < 4.78 is 37.1. The maximum absolute atomic E-state index is 12.4. The third-order valence-corrected chi connectivity index (χ3v) is 2.42. The van der Waals surface area contributed by atoms with Crippen molar-refractivity contribution in [2.45, 2.75) is 32.4 Å². The van der Waals surface area contributed by atoms with Gasteiger partial charge in [0.15, 0.2) is 0 Å². The molecule has 0 spiro atoms. The lowest BCUT2D eigenvalue weighted by Crippen LogP contribution is -2.39. The number of alkyl halides is 3. The predicted molar refractivity (Wildman–Crippen MR) is 55.6 cm³/mol. The molecule has 2 N–H and O–H groups in total. The highest BCUT2D eigenvalue weighted by Gasteiger charge is 2.38. The van der Waals surface area contributed by atoms with E-state index in [1.807, 2.05) is 0 Å². The van der Waals surface area contributed by atoms with Crippen LogP contribution in [0.3, 0.4) is 0 Å². The van der Waals surface area contributed by atoms with Gasteiger partial charge in [0, 0.05) is 13.1 Å². The molecule has 0 aromatic rings. The van der Waals surface area contributed by atoms with Crippen LogP contribution in [0.15, 0.2) is 0 Å². The molecule has 1 atom stereocenters. The van der Waals surface area contributed by atoms with Crippen molar-refractivity contribution in [3.8, 4) is 0 Å². The summed E-state index contributed by atoms with van der Waals surface area (Å²) >= 11 is 0. The summed E-state index contributed by atoms with van der Waals surface area (Å²) in [6.07, 6.45) is -1.09. The molecule has 0 bridgehead atoms. The molecule has 0 saturated heterocycles. The molecule has 15 heavy (non-hydrogen) atoms. The van der Waals surface area contributed by atoms with E-state index in [0.29, 0.717) is 6.54 Å². The first-order valence-corrected chi connectivity index (χ1v) is 5.37. The average Bonchev–Trinajstić information content (AvgIpc) is 2.12. The maximum Gasteiger partial charge on any atom is 0.394 e. The molecule has 0 aliphatic rings. The second-order valence-corrected chi connectivity index (χ2v) is 3.94. The molecular formula is C10H21F3N2. The van der Waals surface area contributed by atoms with E-state index in [1.165, 1.54) is 0 Å². The van der Waals surface area contributed by atoms with Crippen LogP contribution < -0.4 is 5.73 Å². The van der Waals surface area contributed by atoms with Crippen LogP contribution in [0, 0.1) is 5.92 Å². The van der Waals surface area contributed by atoms with Gasteiger partial charge in [0.2, 0.25) is 0 Å². The summed E-state index contributed by atoms with van der Waals surface area (Å²) in [4.78, 5) is 1.71. The number of nitrogens with zero attached hydrogens (tertiary/aromatic N) is 1. The molecule has 5 heteroatoms. The zero-order valence-corrected chi connectivity index (χ0v) is 9.48. The first-order valence-electron chi connectivity index (χ1n) is 5.37. The van der Waals surface area contributed by atoms with Gasteiger partial charge in [0.05, 0.1) is 5.92 Å². The SMILES string of the molecule is CCCCCN(C)CC(CN)C(F)(F)F. The Labute approximate surface area is 89.6 Å². The second kappa shape index (κ2) is 7.06. The van der Waals surface area contributed by atoms with Gasteiger partial charge in [-0.05, 0) is 20.0 Å². The smallest absolute Gasteiger partial charge is 0.330 e. The lowest BCUT2D eigenvalue weighted by atomic mass is 10.1. The molecule has 0 aromatic carbocycles. The fraction of sp³-hybridized carbons (Fsp3) is 1.00. The number of hydrogen-bond acceptors (Lipinski definition) is 2. The van der Waals surface area contributed by atoms with Gasteiger partial charge < -0.3 is 10.6 Å². The molecule has 0 saturated carbocycles. The van der Waals surface area contributed by atoms with Crippen molar-refractivity contribution < 1.29 is 13.2 Å². The molecule has 2 nitrogen and oxygen atoms in total. The monoisotopic (exact) mass is 226 g/mol. The van der Waals surface area contributed by atoms with E-state index in [0.717, 1.165) is 19.3 Å². The summed E-state index contributed by atoms with van der Waals surface area (Å²) in [5, 5.41) is 0. The van der Waals surface area contributed by atoms with E-state index < -0.39 is 12.1 Å². The van der Waals surface area contributed by atoms with Crippen LogP contribution in [0.2, 0.25) is 0 Å². The van der Waals surface area contributed by atoms with Gasteiger partial charge in [-0.2, -0.15) is 13.2 Å². The molecule has 0 fully saturated rings. The lowest BCUT2D eigenvalue weighted by Gasteiger charge is -2.24. The van der Waals surface area contributed by atoms with Crippen LogP contribution in [-0.4, -0.2) is 37.8 Å². The first kappa shape index (κ1) is 14.7. The molecule has 0 aliphatic carbocycles. The quantitative estimate of drug-likeness (QED) is 0.675. The van der Waals surface area contributed by atoms with E-state index in [1.54, 1.807) is 11.9 Å². The van der Waals surface area contributed by atoms with E-state index in [2.05, 4.69) is 6.92 Å². The lowest BCUT2D eigenvalue weighted by molar-refractivity contribution is -0.175. The largest absolute Gasteiger partial charge is 0.394 e. The highest BCUT2D eigenvalue weighted by Crippen LogP contribution is 2.25. The molecule has 0 heterocycles. The first-order chi connectivity index (χ1) is 6.91. The maximum atomic E-state index is 12.4. The fourth-order valence-electron chi connectivity index (χ4n) is 1.41. The minimum absolute atomic E-state index is 0.00368. The average molecular weight is 226 g/mol. The Bertz CT molecular complexity index is 159. The van der Waals surface area contributed by atoms with Crippen molar-refractivity contribution in [3.63, 3.8) is 0 Å². The van der Waals surface area contributed by atoms with Gasteiger partial charge in [-0.15, -0.1) is 0 Å². The third kappa shape index (κ3) is 6.73. The molecule has 0 aliphatic heterocycles. The zero-order valence-electron chi connectivity index (χ0n) is 9.48. The second-order valence-electron chi connectivity index (χ2n) is 3.94. The molecule has 1 unspecified atom stereocenters. The van der Waals surface area contributed by atoms with Crippen LogP contribution in [-0.2, 0) is 0 Å². The number of hydrogen-bond donors (Lipinski definition) is 1. The van der Waals surface area contributed by atoms with Crippen LogP contribution in [0.4, 0.5) is 13.2 Å². The minimum Gasteiger partial charge on any atom is -0.330 e. The highest BCUT2D eigenvalue weighted by atomic mass is 19.4. The Hall–Kier alpha value is -0.290. The van der Waals surface area contributed by atoms with Gasteiger partial charge in [0.1, 0.15) is 0 Å². The number of halogens is 3. The van der Waals surface area contributed by atoms with Crippen molar-refractivity contribution in [2.75, 3.05) is 26.7 Å². The topological polar surface area (TPSA) is 29.3 Å². The Morgan fingerprint density at radius 2 is 1.87 bits per heavy atom. The predicted octanol–water partition coefficient (Wildman–Crippen LogP) is 2.25. The molecular weight excluding hydrogens is 205 g/mol. The number of rotatable bonds is 7. The zero-order chi connectivity index (χ0) is 11.9. The van der Waals surface area contributed by atoms with Gasteiger partial charge in [-0.3, -0.25) is 0 Å². The number of unbranched alkanes of at least 4 members (excludes halogenated alkanes) is 2. The van der Waals surface area contributed by atoms with Crippen LogP contribution >= 0.6 is 0 Å².